The number of sulfone groups is 1. The zero-order chi connectivity index (χ0) is 47.2. The number of aromatic nitrogens is 3. The summed E-state index contributed by atoms with van der Waals surface area (Å²) in [5, 5.41) is 0.0783. The zero-order valence-electron chi connectivity index (χ0n) is 38.8. The van der Waals surface area contributed by atoms with Crippen LogP contribution < -0.4 is 14.4 Å². The molecule has 0 radical (unpaired) electrons. The molecule has 65 heavy (non-hydrogen) atoms. The number of nitrogens with zero attached hydrogens (tertiary/aromatic N) is 5. The number of ether oxygens (including phenoxy) is 5. The highest BCUT2D eigenvalue weighted by atomic mass is 32.2. The Bertz CT molecular complexity index is 2760. The van der Waals surface area contributed by atoms with Crippen molar-refractivity contribution in [2.24, 2.45) is 0 Å². The molecular weight excluding hydrogens is 873 g/mol. The number of amides is 1. The molecular formula is C48H57F2N5O8SSi. The van der Waals surface area contributed by atoms with Crippen LogP contribution in [-0.2, 0) is 24.0 Å². The zero-order valence-corrected chi connectivity index (χ0v) is 40.6. The van der Waals surface area contributed by atoms with E-state index in [2.05, 4.69) is 63.0 Å². The predicted octanol–water partition coefficient (Wildman–Crippen LogP) is 9.70. The Kier molecular flexibility index (Phi) is 13.5. The highest BCUT2D eigenvalue weighted by molar-refractivity contribution is 7.90. The van der Waals surface area contributed by atoms with E-state index in [1.54, 1.807) is 68.1 Å². The molecule has 3 aromatic carbocycles. The molecule has 7 rings (SSSR count). The number of carbonyl (C=O) groups is 1. The molecule has 0 spiro atoms. The van der Waals surface area contributed by atoms with Crippen LogP contribution in [0, 0.1) is 23.1 Å². The van der Waals surface area contributed by atoms with Crippen LogP contribution in [0.3, 0.4) is 0 Å². The first-order valence-corrected chi connectivity index (χ1v) is 25.9. The summed E-state index contributed by atoms with van der Waals surface area (Å²) in [6, 6.07) is 13.7. The number of morpholine rings is 1. The van der Waals surface area contributed by atoms with E-state index in [1.165, 1.54) is 19.2 Å². The van der Waals surface area contributed by atoms with E-state index in [4.69, 9.17) is 28.7 Å². The molecule has 2 aliphatic rings. The molecule has 0 aliphatic carbocycles. The molecule has 17 heteroatoms. The van der Waals surface area contributed by atoms with Crippen molar-refractivity contribution >= 4 is 51.5 Å². The third kappa shape index (κ3) is 9.49. The van der Waals surface area contributed by atoms with Gasteiger partial charge in [0.2, 0.25) is 20.9 Å². The van der Waals surface area contributed by atoms with Gasteiger partial charge in [-0.2, -0.15) is 0 Å². The molecule has 346 valence electrons. The minimum Gasteiger partial charge on any atom is -0.468 e. The molecule has 2 saturated heterocycles. The maximum Gasteiger partial charge on any atom is 0.410 e. The Morgan fingerprint density at radius 2 is 1.55 bits per heavy atom. The number of pyridine rings is 1. The van der Waals surface area contributed by atoms with E-state index in [0.29, 0.717) is 11.1 Å². The first-order chi connectivity index (χ1) is 30.6. The summed E-state index contributed by atoms with van der Waals surface area (Å²) < 4.78 is 91.0. The van der Waals surface area contributed by atoms with Crippen LogP contribution in [0.4, 0.5) is 19.4 Å². The normalized spacial score (nSPS) is 16.9. The maximum absolute atomic E-state index is 18.1. The van der Waals surface area contributed by atoms with Gasteiger partial charge >= 0.3 is 6.09 Å². The average Bonchev–Trinajstić information content (AvgIpc) is 3.22. The Balaban J connectivity index is 1.56. The summed E-state index contributed by atoms with van der Waals surface area (Å²) in [5.41, 5.74) is 3.01. The molecule has 2 aliphatic heterocycles. The van der Waals surface area contributed by atoms with Crippen molar-refractivity contribution in [3.63, 3.8) is 0 Å². The quantitative estimate of drug-likeness (QED) is 0.0539. The van der Waals surface area contributed by atoms with Crippen LogP contribution in [0.25, 0.3) is 32.9 Å². The van der Waals surface area contributed by atoms with Crippen molar-refractivity contribution in [1.82, 2.24) is 19.9 Å². The molecule has 2 aromatic heterocycles. The second-order valence-corrected chi connectivity index (χ2v) is 26.1. The number of hydrogen-bond acceptors (Lipinski definition) is 12. The summed E-state index contributed by atoms with van der Waals surface area (Å²) in [7, 11) is -5.14. The van der Waals surface area contributed by atoms with E-state index in [0.717, 1.165) is 6.26 Å². The molecule has 5 aromatic rings. The van der Waals surface area contributed by atoms with Gasteiger partial charge in [0.15, 0.2) is 12.6 Å². The van der Waals surface area contributed by atoms with Crippen LogP contribution >= 0.6 is 0 Å². The molecule has 2 atom stereocenters. The molecule has 4 heterocycles. The van der Waals surface area contributed by atoms with Crippen LogP contribution in [0.2, 0.25) is 16.6 Å². The minimum absolute atomic E-state index is 0.0195. The van der Waals surface area contributed by atoms with E-state index < -0.39 is 64.0 Å². The Morgan fingerprint density at radius 1 is 0.908 bits per heavy atom. The molecule has 1 amide bonds. The lowest BCUT2D eigenvalue weighted by atomic mass is 9.95. The molecule has 2 bridgehead atoms. The molecule has 13 nitrogen and oxygen atoms in total. The molecule has 0 saturated carbocycles. The van der Waals surface area contributed by atoms with E-state index in [1.807, 2.05) is 4.90 Å². The highest BCUT2D eigenvalue weighted by Crippen LogP contribution is 2.45. The third-order valence-corrected chi connectivity index (χ3v) is 19.2. The standard InChI is InChI=1S/C48H57F2N5O8SSi/c1-28(2)65(29(3)4,30(5)6)20-19-36-38(49)18-17-31-21-35(61-27-59-10)22-37(39(31)36)42-41(50)43-40(45(51-42)62-34-15-13-12-14-16-34)44(53-46(52-43)64(11,57)58)55-32-23-54(24-33(55)26-60-25-32)47(56)63-48(7,8)9/h12-18,21-22,28-30,32-33H,23-27H2,1-11H3. The van der Waals surface area contributed by atoms with Crippen molar-refractivity contribution < 1.29 is 45.7 Å². The Hall–Kier alpha value is -5.41. The van der Waals surface area contributed by atoms with Gasteiger partial charge in [-0.3, -0.25) is 0 Å². The van der Waals surface area contributed by atoms with Crippen LogP contribution in [-0.4, -0.2) is 107 Å². The maximum atomic E-state index is 18.1. The fourth-order valence-electron chi connectivity index (χ4n) is 9.33. The molecule has 0 N–H and O–H groups in total. The number of fused-ring (bicyclic) bond motifs is 4. The highest BCUT2D eigenvalue weighted by Gasteiger charge is 2.44. The molecule has 2 unspecified atom stereocenters. The number of hydrogen-bond donors (Lipinski definition) is 0. The summed E-state index contributed by atoms with van der Waals surface area (Å²) in [4.78, 5) is 30.7. The minimum atomic E-state index is -4.19. The van der Waals surface area contributed by atoms with Crippen LogP contribution in [0.1, 0.15) is 67.9 Å². The number of anilines is 1. The second-order valence-electron chi connectivity index (χ2n) is 18.6. The lowest BCUT2D eigenvalue weighted by molar-refractivity contribution is -0.0107. The first-order valence-electron chi connectivity index (χ1n) is 21.7. The fraction of sp³-hybridized carbons (Fsp3) is 0.458. The van der Waals surface area contributed by atoms with Crippen molar-refractivity contribution in [1.29, 1.82) is 0 Å². The first kappa shape index (κ1) is 47.5. The number of benzene rings is 3. The van der Waals surface area contributed by atoms with E-state index in [9.17, 15) is 13.2 Å². The number of methoxy groups -OCH3 is 1. The lowest BCUT2D eigenvalue weighted by Gasteiger charge is -2.50. The van der Waals surface area contributed by atoms with Gasteiger partial charge in [0.25, 0.3) is 0 Å². The topological polar surface area (TPSA) is 143 Å². The van der Waals surface area contributed by atoms with Crippen molar-refractivity contribution in [2.45, 2.75) is 102 Å². The number of rotatable bonds is 11. The van der Waals surface area contributed by atoms with Crippen molar-refractivity contribution in [2.75, 3.05) is 51.4 Å². The lowest BCUT2D eigenvalue weighted by Crippen LogP contribution is -2.66. The molecule has 2 fully saturated rings. The third-order valence-electron chi connectivity index (χ3n) is 12.1. The van der Waals surface area contributed by atoms with Crippen LogP contribution in [0.5, 0.6) is 17.4 Å². The van der Waals surface area contributed by atoms with Gasteiger partial charge in [-0.1, -0.05) is 71.7 Å². The summed E-state index contributed by atoms with van der Waals surface area (Å²) in [6.07, 6.45) is 0.426. The number of carbonyl (C=O) groups excluding carboxylic acids is 1. The van der Waals surface area contributed by atoms with Crippen molar-refractivity contribution in [3.8, 4) is 40.1 Å². The smallest absolute Gasteiger partial charge is 0.410 e. The van der Waals surface area contributed by atoms with E-state index >= 15 is 8.78 Å². The second kappa shape index (κ2) is 18.5. The largest absolute Gasteiger partial charge is 0.468 e. The van der Waals surface area contributed by atoms with Gasteiger partial charge in [0.05, 0.1) is 30.9 Å². The van der Waals surface area contributed by atoms with Gasteiger partial charge in [-0.05, 0) is 73.1 Å². The Morgan fingerprint density at radius 3 is 2.14 bits per heavy atom. The van der Waals surface area contributed by atoms with Gasteiger partial charge in [0.1, 0.15) is 53.4 Å². The van der Waals surface area contributed by atoms with Gasteiger partial charge in [-0.25, -0.2) is 36.9 Å². The average molecular weight is 930 g/mol. The number of halogens is 2. The van der Waals surface area contributed by atoms with Crippen LogP contribution in [0.15, 0.2) is 59.8 Å². The van der Waals surface area contributed by atoms with E-state index in [-0.39, 0.29) is 94.8 Å². The summed E-state index contributed by atoms with van der Waals surface area (Å²) >= 11 is 0. The van der Waals surface area contributed by atoms with Gasteiger partial charge in [-0.15, -0.1) is 5.54 Å². The summed E-state index contributed by atoms with van der Waals surface area (Å²) in [5.74, 6) is 2.11. The SMILES string of the molecule is COCOc1cc(-c2nc(Oc3ccccc3)c3c(N4C5COCC4CN(C(=O)OC(C)(C)C)C5)nc(S(C)(=O)=O)nc3c2F)c2c(C#C[Si](C(C)C)(C(C)C)C(C)C)c(F)ccc2c1. The van der Waals surface area contributed by atoms with Gasteiger partial charge < -0.3 is 33.5 Å². The summed E-state index contributed by atoms with van der Waals surface area (Å²) in [6.45, 7) is 18.7. The monoisotopic (exact) mass is 929 g/mol. The fourth-order valence-corrected chi connectivity index (χ4v) is 15.0. The predicted molar refractivity (Wildman–Crippen MR) is 249 cm³/mol. The van der Waals surface area contributed by atoms with Crippen molar-refractivity contribution in [3.05, 3.63) is 71.8 Å². The number of piperazine rings is 1. The van der Waals surface area contributed by atoms with Gasteiger partial charge in [0, 0.05) is 37.4 Å². The Labute approximate surface area is 380 Å². The number of para-hydroxylation sites is 1.